The normalized spacial score (nSPS) is 14.7. The van der Waals surface area contributed by atoms with Gasteiger partial charge in [0.2, 0.25) is 29.1 Å². The number of rotatable bonds is 3. The SMILES string of the molecule is CC(=O)Oc1c(N2C(=O)CCC2=O)oc(-c2ccco2)c1O. The van der Waals surface area contributed by atoms with Gasteiger partial charge in [-0.15, -0.1) is 0 Å². The van der Waals surface area contributed by atoms with E-state index in [1.807, 2.05) is 0 Å². The van der Waals surface area contributed by atoms with E-state index >= 15 is 0 Å². The van der Waals surface area contributed by atoms with Crippen LogP contribution in [-0.2, 0) is 14.4 Å². The summed E-state index contributed by atoms with van der Waals surface area (Å²) >= 11 is 0. The number of amides is 2. The van der Waals surface area contributed by atoms with E-state index in [1.54, 1.807) is 6.07 Å². The number of imide groups is 1. The van der Waals surface area contributed by atoms with Crippen molar-refractivity contribution in [2.75, 3.05) is 4.90 Å². The minimum Gasteiger partial charge on any atom is -0.501 e. The number of nitrogens with zero attached hydrogens (tertiary/aromatic N) is 1. The first-order valence-electron chi connectivity index (χ1n) is 6.43. The van der Waals surface area contributed by atoms with E-state index in [2.05, 4.69) is 0 Å². The molecule has 2 aromatic rings. The molecule has 2 aromatic heterocycles. The maximum atomic E-state index is 11.8. The molecule has 3 heterocycles. The van der Waals surface area contributed by atoms with E-state index in [0.29, 0.717) is 0 Å². The van der Waals surface area contributed by atoms with Gasteiger partial charge in [0.1, 0.15) is 0 Å². The molecule has 1 aliphatic rings. The number of ether oxygens (including phenoxy) is 1. The minimum atomic E-state index is -0.734. The first-order valence-corrected chi connectivity index (χ1v) is 6.43. The smallest absolute Gasteiger partial charge is 0.308 e. The lowest BCUT2D eigenvalue weighted by Gasteiger charge is -2.11. The Morgan fingerprint density at radius 3 is 2.55 bits per heavy atom. The van der Waals surface area contributed by atoms with Crippen LogP contribution in [0, 0.1) is 0 Å². The van der Waals surface area contributed by atoms with Crippen molar-refractivity contribution in [3.8, 4) is 23.0 Å². The molecule has 0 saturated carbocycles. The first kappa shape index (κ1) is 13.9. The zero-order valence-corrected chi connectivity index (χ0v) is 11.5. The molecule has 1 fully saturated rings. The van der Waals surface area contributed by atoms with Gasteiger partial charge in [-0.3, -0.25) is 14.4 Å². The van der Waals surface area contributed by atoms with Crippen molar-refractivity contribution < 1.29 is 33.1 Å². The lowest BCUT2D eigenvalue weighted by atomic mass is 10.3. The molecule has 1 N–H and O–H groups in total. The highest BCUT2D eigenvalue weighted by Crippen LogP contribution is 2.48. The van der Waals surface area contributed by atoms with Gasteiger partial charge in [-0.2, -0.15) is 0 Å². The van der Waals surface area contributed by atoms with Crippen molar-refractivity contribution in [2.24, 2.45) is 0 Å². The van der Waals surface area contributed by atoms with Crippen LogP contribution in [0.1, 0.15) is 19.8 Å². The predicted molar refractivity (Wildman–Crippen MR) is 71.1 cm³/mol. The molecule has 3 rings (SSSR count). The number of furan rings is 2. The Balaban J connectivity index is 2.15. The number of esters is 1. The van der Waals surface area contributed by atoms with Gasteiger partial charge in [-0.1, -0.05) is 0 Å². The number of aromatic hydroxyl groups is 1. The maximum Gasteiger partial charge on any atom is 0.308 e. The van der Waals surface area contributed by atoms with Crippen molar-refractivity contribution >= 4 is 23.7 Å². The van der Waals surface area contributed by atoms with E-state index < -0.39 is 23.5 Å². The fraction of sp³-hybridized carbons (Fsp3) is 0.214. The lowest BCUT2D eigenvalue weighted by molar-refractivity contribution is -0.132. The highest BCUT2D eigenvalue weighted by molar-refractivity contribution is 6.20. The molecule has 0 spiro atoms. The van der Waals surface area contributed by atoms with Crippen LogP contribution in [0.3, 0.4) is 0 Å². The second kappa shape index (κ2) is 5.06. The molecule has 0 aromatic carbocycles. The van der Waals surface area contributed by atoms with Crippen LogP contribution in [0.4, 0.5) is 5.88 Å². The molecule has 1 aliphatic heterocycles. The summed E-state index contributed by atoms with van der Waals surface area (Å²) in [6.45, 7) is 1.12. The quantitative estimate of drug-likeness (QED) is 0.680. The van der Waals surface area contributed by atoms with Gasteiger partial charge < -0.3 is 18.7 Å². The summed E-state index contributed by atoms with van der Waals surface area (Å²) in [5, 5.41) is 10.2. The summed E-state index contributed by atoms with van der Waals surface area (Å²) < 4.78 is 15.4. The summed E-state index contributed by atoms with van der Waals surface area (Å²) in [5.41, 5.74) is 0. The molecule has 22 heavy (non-hydrogen) atoms. The fourth-order valence-electron chi connectivity index (χ4n) is 2.16. The second-order valence-corrected chi connectivity index (χ2v) is 4.61. The van der Waals surface area contributed by atoms with Crippen molar-refractivity contribution in [3.63, 3.8) is 0 Å². The van der Waals surface area contributed by atoms with Crippen molar-refractivity contribution in [2.45, 2.75) is 19.8 Å². The Labute approximate surface area is 123 Å². The summed E-state index contributed by atoms with van der Waals surface area (Å²) in [6, 6.07) is 3.07. The first-order chi connectivity index (χ1) is 10.5. The van der Waals surface area contributed by atoms with E-state index in [0.717, 1.165) is 11.8 Å². The zero-order chi connectivity index (χ0) is 15.9. The Morgan fingerprint density at radius 2 is 2.00 bits per heavy atom. The van der Waals surface area contributed by atoms with Gasteiger partial charge in [-0.25, -0.2) is 4.90 Å². The van der Waals surface area contributed by atoms with E-state index in [4.69, 9.17) is 13.6 Å². The lowest BCUT2D eigenvalue weighted by Crippen LogP contribution is -2.28. The molecule has 1 saturated heterocycles. The summed E-state index contributed by atoms with van der Waals surface area (Å²) in [5.74, 6) is -2.94. The minimum absolute atomic E-state index is 0.0237. The molecule has 8 heteroatoms. The summed E-state index contributed by atoms with van der Waals surface area (Å²) in [4.78, 5) is 35.6. The molecule has 0 atom stereocenters. The second-order valence-electron chi connectivity index (χ2n) is 4.61. The van der Waals surface area contributed by atoms with Gasteiger partial charge in [0.05, 0.1) is 6.26 Å². The van der Waals surface area contributed by atoms with Crippen LogP contribution in [0.2, 0.25) is 0 Å². The number of anilines is 1. The Bertz CT molecular complexity index is 741. The van der Waals surface area contributed by atoms with Crippen molar-refractivity contribution in [1.82, 2.24) is 0 Å². The van der Waals surface area contributed by atoms with Crippen LogP contribution in [0.25, 0.3) is 11.5 Å². The number of carbonyl (C=O) groups excluding carboxylic acids is 3. The largest absolute Gasteiger partial charge is 0.501 e. The average molecular weight is 305 g/mol. The van der Waals surface area contributed by atoms with E-state index in [1.165, 1.54) is 12.3 Å². The Kier molecular flexibility index (Phi) is 3.21. The third kappa shape index (κ3) is 2.14. The molecule has 0 bridgehead atoms. The third-order valence-electron chi connectivity index (χ3n) is 3.07. The highest BCUT2D eigenvalue weighted by atomic mass is 16.6. The van der Waals surface area contributed by atoms with Crippen LogP contribution < -0.4 is 9.64 Å². The average Bonchev–Trinajstić information content (AvgIpc) is 3.14. The number of carbonyl (C=O) groups is 3. The van der Waals surface area contributed by atoms with Gasteiger partial charge in [0.25, 0.3) is 5.88 Å². The van der Waals surface area contributed by atoms with E-state index in [-0.39, 0.29) is 36.0 Å². The van der Waals surface area contributed by atoms with Crippen molar-refractivity contribution in [3.05, 3.63) is 18.4 Å². The molecule has 114 valence electrons. The number of hydrogen-bond acceptors (Lipinski definition) is 7. The predicted octanol–water partition coefficient (Wildman–Crippen LogP) is 1.82. The molecular weight excluding hydrogens is 294 g/mol. The zero-order valence-electron chi connectivity index (χ0n) is 11.5. The maximum absolute atomic E-state index is 11.8. The van der Waals surface area contributed by atoms with Gasteiger partial charge in [0, 0.05) is 19.8 Å². The molecule has 0 unspecified atom stereocenters. The molecular formula is C14H11NO7. The van der Waals surface area contributed by atoms with Crippen LogP contribution >= 0.6 is 0 Å². The Morgan fingerprint density at radius 1 is 1.32 bits per heavy atom. The molecule has 8 nitrogen and oxygen atoms in total. The third-order valence-corrected chi connectivity index (χ3v) is 3.07. The summed E-state index contributed by atoms with van der Waals surface area (Å²) in [7, 11) is 0. The van der Waals surface area contributed by atoms with Crippen molar-refractivity contribution in [1.29, 1.82) is 0 Å². The van der Waals surface area contributed by atoms with Crippen LogP contribution in [0.15, 0.2) is 27.2 Å². The van der Waals surface area contributed by atoms with Crippen LogP contribution in [-0.4, -0.2) is 22.9 Å². The Hall–Kier alpha value is -3.03. The monoisotopic (exact) mass is 305 g/mol. The summed E-state index contributed by atoms with van der Waals surface area (Å²) in [6.07, 6.45) is 1.40. The van der Waals surface area contributed by atoms with Gasteiger partial charge in [-0.05, 0) is 12.1 Å². The molecule has 0 aliphatic carbocycles. The fourth-order valence-corrected chi connectivity index (χ4v) is 2.16. The topological polar surface area (TPSA) is 110 Å². The van der Waals surface area contributed by atoms with Crippen LogP contribution in [0.5, 0.6) is 11.5 Å². The molecule has 2 amide bonds. The molecule has 0 radical (unpaired) electrons. The van der Waals surface area contributed by atoms with E-state index in [9.17, 15) is 19.5 Å². The van der Waals surface area contributed by atoms with Gasteiger partial charge in [0.15, 0.2) is 5.76 Å². The van der Waals surface area contributed by atoms with Gasteiger partial charge >= 0.3 is 5.97 Å². The number of hydrogen-bond donors (Lipinski definition) is 1. The highest BCUT2D eigenvalue weighted by Gasteiger charge is 2.38. The standard InChI is InChI=1S/C14H11NO7/c1-7(16)21-13-11(19)12(8-3-2-6-20-8)22-14(13)15-9(17)4-5-10(15)18/h2-3,6,19H,4-5H2,1H3.